The predicted octanol–water partition coefficient (Wildman–Crippen LogP) is 1.35. The highest BCUT2D eigenvalue weighted by atomic mass is 19.4. The van der Waals surface area contributed by atoms with Crippen molar-refractivity contribution in [3.63, 3.8) is 0 Å². The first-order valence-electron chi connectivity index (χ1n) is 7.51. The van der Waals surface area contributed by atoms with Gasteiger partial charge in [0.2, 0.25) is 5.91 Å². The Morgan fingerprint density at radius 3 is 2.32 bits per heavy atom. The molecule has 0 aromatic rings. The summed E-state index contributed by atoms with van der Waals surface area (Å²) in [6.45, 7) is 0.911. The van der Waals surface area contributed by atoms with Crippen molar-refractivity contribution in [2.45, 2.75) is 69.3 Å². The predicted molar refractivity (Wildman–Crippen MR) is 71.8 cm³/mol. The number of alkyl halides is 3. The number of rotatable bonds is 2. The number of piperidine rings is 1. The maximum absolute atomic E-state index is 12.9. The van der Waals surface area contributed by atoms with Crippen molar-refractivity contribution >= 4 is 11.8 Å². The van der Waals surface area contributed by atoms with E-state index in [1.54, 1.807) is 0 Å². The number of nitrogens with one attached hydrogen (secondary N) is 1. The Labute approximate surface area is 126 Å². The molecule has 126 valence electrons. The van der Waals surface area contributed by atoms with Crippen LogP contribution < -0.4 is 5.32 Å². The van der Waals surface area contributed by atoms with E-state index in [0.29, 0.717) is 12.8 Å². The minimum atomic E-state index is -4.47. The number of hydrogen-bond donors (Lipinski definition) is 2. The zero-order chi connectivity index (χ0) is 16.5. The molecule has 1 saturated heterocycles. The van der Waals surface area contributed by atoms with Gasteiger partial charge in [-0.15, -0.1) is 0 Å². The van der Waals surface area contributed by atoms with Crippen LogP contribution >= 0.6 is 0 Å². The van der Waals surface area contributed by atoms with Gasteiger partial charge in [-0.1, -0.05) is 0 Å². The van der Waals surface area contributed by atoms with Crippen molar-refractivity contribution in [3.05, 3.63) is 0 Å². The van der Waals surface area contributed by atoms with Crippen LogP contribution in [0.2, 0.25) is 0 Å². The van der Waals surface area contributed by atoms with Gasteiger partial charge in [-0.25, -0.2) is 0 Å². The molecule has 0 radical (unpaired) electrons. The minimum Gasteiger partial charge on any atom is -0.380 e. The van der Waals surface area contributed by atoms with Crippen molar-refractivity contribution in [2.24, 2.45) is 0 Å². The largest absolute Gasteiger partial charge is 0.408 e. The molecule has 2 amide bonds. The lowest BCUT2D eigenvalue weighted by molar-refractivity contribution is -0.196. The molecule has 0 aromatic heterocycles. The van der Waals surface area contributed by atoms with Gasteiger partial charge in [0.25, 0.3) is 5.91 Å². The molecule has 1 heterocycles. The highest BCUT2D eigenvalue weighted by molar-refractivity contribution is 5.85. The van der Waals surface area contributed by atoms with E-state index in [9.17, 15) is 27.9 Å². The number of likely N-dealkylation sites (tertiary alicyclic amines) is 1. The molecular weight excluding hydrogens is 301 g/mol. The van der Waals surface area contributed by atoms with Gasteiger partial charge >= 0.3 is 6.18 Å². The van der Waals surface area contributed by atoms with Crippen molar-refractivity contribution < 1.29 is 27.9 Å². The molecule has 2 fully saturated rings. The Bertz CT molecular complexity index is 447. The quantitative estimate of drug-likeness (QED) is 0.806. The molecular formula is C14H21F3N2O3. The summed E-state index contributed by atoms with van der Waals surface area (Å²) in [4.78, 5) is 24.3. The molecule has 0 aromatic carbocycles. The SMILES string of the molecule is CC(=O)N1C[C@H](NC(=O)C2(O)CCCC2)CC[C@H]1C(F)(F)F. The fraction of sp³-hybridized carbons (Fsp3) is 0.857. The molecule has 2 aliphatic rings. The van der Waals surface area contributed by atoms with Crippen LogP contribution in [0.1, 0.15) is 45.4 Å². The van der Waals surface area contributed by atoms with E-state index < -0.39 is 35.7 Å². The van der Waals surface area contributed by atoms with Crippen molar-refractivity contribution in [3.8, 4) is 0 Å². The average molecular weight is 322 g/mol. The van der Waals surface area contributed by atoms with Crippen molar-refractivity contribution in [2.75, 3.05) is 6.54 Å². The van der Waals surface area contributed by atoms with E-state index >= 15 is 0 Å². The maximum atomic E-state index is 12.9. The van der Waals surface area contributed by atoms with Crippen molar-refractivity contribution in [1.29, 1.82) is 0 Å². The summed E-state index contributed by atoms with van der Waals surface area (Å²) >= 11 is 0. The van der Waals surface area contributed by atoms with Gasteiger partial charge in [-0.3, -0.25) is 9.59 Å². The normalized spacial score (nSPS) is 28.5. The standard InChI is InChI=1S/C14H21F3N2O3/c1-9(20)19-8-10(4-5-11(19)14(15,16)17)18-12(21)13(22)6-2-3-7-13/h10-11,22H,2-8H2,1H3,(H,18,21)/t10-,11+/m1/s1. The van der Waals surface area contributed by atoms with Gasteiger partial charge in [-0.05, 0) is 38.5 Å². The Balaban J connectivity index is 2.00. The van der Waals surface area contributed by atoms with E-state index in [-0.39, 0.29) is 19.4 Å². The minimum absolute atomic E-state index is 0.135. The van der Waals surface area contributed by atoms with E-state index in [0.717, 1.165) is 24.7 Å². The molecule has 0 unspecified atom stereocenters. The second-order valence-corrected chi connectivity index (χ2v) is 6.22. The Morgan fingerprint density at radius 1 is 1.23 bits per heavy atom. The second-order valence-electron chi connectivity index (χ2n) is 6.22. The number of halogens is 3. The van der Waals surface area contributed by atoms with Crippen LogP contribution in [0.15, 0.2) is 0 Å². The molecule has 2 atom stereocenters. The lowest BCUT2D eigenvalue weighted by Gasteiger charge is -2.40. The summed E-state index contributed by atoms with van der Waals surface area (Å²) in [6, 6.07) is -2.35. The summed E-state index contributed by atoms with van der Waals surface area (Å²) in [5, 5.41) is 12.8. The molecule has 1 aliphatic carbocycles. The lowest BCUT2D eigenvalue weighted by Crippen LogP contribution is -2.59. The van der Waals surface area contributed by atoms with Gasteiger partial charge < -0.3 is 15.3 Å². The maximum Gasteiger partial charge on any atom is 0.408 e. The molecule has 2 rings (SSSR count). The van der Waals surface area contributed by atoms with Crippen LogP contribution in [0.4, 0.5) is 13.2 Å². The zero-order valence-corrected chi connectivity index (χ0v) is 12.4. The first-order chi connectivity index (χ1) is 10.1. The molecule has 0 spiro atoms. The van der Waals surface area contributed by atoms with E-state index in [2.05, 4.69) is 5.32 Å². The molecule has 8 heteroatoms. The monoisotopic (exact) mass is 322 g/mol. The third kappa shape index (κ3) is 3.53. The molecule has 22 heavy (non-hydrogen) atoms. The van der Waals surface area contributed by atoms with Gasteiger partial charge in [0, 0.05) is 19.5 Å². The van der Waals surface area contributed by atoms with Gasteiger partial charge in [-0.2, -0.15) is 13.2 Å². The fourth-order valence-electron chi connectivity index (χ4n) is 3.28. The summed E-state index contributed by atoms with van der Waals surface area (Å²) in [7, 11) is 0. The van der Waals surface area contributed by atoms with E-state index in [4.69, 9.17) is 0 Å². The summed E-state index contributed by atoms with van der Waals surface area (Å²) in [5.74, 6) is -1.20. The van der Waals surface area contributed by atoms with Crippen LogP contribution in [-0.2, 0) is 9.59 Å². The van der Waals surface area contributed by atoms with Crippen LogP contribution in [0.25, 0.3) is 0 Å². The molecule has 1 aliphatic heterocycles. The molecule has 5 nitrogen and oxygen atoms in total. The smallest absolute Gasteiger partial charge is 0.380 e. The lowest BCUT2D eigenvalue weighted by atomic mass is 9.95. The first kappa shape index (κ1) is 17.1. The summed E-state index contributed by atoms with van der Waals surface area (Å²) in [5.41, 5.74) is -1.41. The van der Waals surface area contributed by atoms with Gasteiger partial charge in [0.05, 0.1) is 0 Å². The van der Waals surface area contributed by atoms with Crippen molar-refractivity contribution in [1.82, 2.24) is 10.2 Å². The number of hydrogen-bond acceptors (Lipinski definition) is 3. The Kier molecular flexibility index (Phi) is 4.70. The van der Waals surface area contributed by atoms with Gasteiger partial charge in [0.15, 0.2) is 0 Å². The fourth-order valence-corrected chi connectivity index (χ4v) is 3.28. The van der Waals surface area contributed by atoms with Crippen LogP contribution in [-0.4, -0.2) is 52.2 Å². The summed E-state index contributed by atoms with van der Waals surface area (Å²) in [6.07, 6.45) is -2.33. The number of amides is 2. The second kappa shape index (κ2) is 6.06. The number of nitrogens with zero attached hydrogens (tertiary/aromatic N) is 1. The Hall–Kier alpha value is -1.31. The number of carbonyl (C=O) groups excluding carboxylic acids is 2. The van der Waals surface area contributed by atoms with Crippen LogP contribution in [0.5, 0.6) is 0 Å². The summed E-state index contributed by atoms with van der Waals surface area (Å²) < 4.78 is 38.8. The highest BCUT2D eigenvalue weighted by Crippen LogP contribution is 2.33. The topological polar surface area (TPSA) is 69.6 Å². The molecule has 2 N–H and O–H groups in total. The van der Waals surface area contributed by atoms with E-state index in [1.165, 1.54) is 0 Å². The third-order valence-corrected chi connectivity index (χ3v) is 4.55. The number of aliphatic hydroxyl groups is 1. The average Bonchev–Trinajstić information content (AvgIpc) is 2.85. The number of carbonyl (C=O) groups is 2. The highest BCUT2D eigenvalue weighted by Gasteiger charge is 2.48. The molecule has 0 bridgehead atoms. The van der Waals surface area contributed by atoms with Crippen LogP contribution in [0, 0.1) is 0 Å². The zero-order valence-electron chi connectivity index (χ0n) is 12.4. The first-order valence-corrected chi connectivity index (χ1v) is 7.51. The van der Waals surface area contributed by atoms with E-state index in [1.807, 2.05) is 0 Å². The van der Waals surface area contributed by atoms with Gasteiger partial charge in [0.1, 0.15) is 11.6 Å². The third-order valence-electron chi connectivity index (χ3n) is 4.55. The Morgan fingerprint density at radius 2 is 1.82 bits per heavy atom. The molecule has 1 saturated carbocycles. The van der Waals surface area contributed by atoms with Crippen LogP contribution in [0.3, 0.4) is 0 Å².